The number of hydrogen-bond acceptors (Lipinski definition) is 7. The third-order valence-corrected chi connectivity index (χ3v) is 4.98. The maximum atomic E-state index is 12.5. The number of esters is 1. The number of ether oxygens (including phenoxy) is 3. The third kappa shape index (κ3) is 5.51. The number of benzene rings is 2. The van der Waals surface area contributed by atoms with Crippen LogP contribution in [-0.4, -0.2) is 57.2 Å². The van der Waals surface area contributed by atoms with Gasteiger partial charge in [-0.25, -0.2) is 4.79 Å². The summed E-state index contributed by atoms with van der Waals surface area (Å²) in [6.45, 7) is -0.0794. The Kier molecular flexibility index (Phi) is 8.09. The third-order valence-electron chi connectivity index (χ3n) is 4.24. The fraction of sp³-hybridized carbons (Fsp3) is 0.286. The van der Waals surface area contributed by atoms with E-state index in [0.29, 0.717) is 12.8 Å². The molecule has 8 heteroatoms. The van der Waals surface area contributed by atoms with Crippen molar-refractivity contribution in [2.75, 3.05) is 34.1 Å². The number of carbonyl (C=O) groups excluding carboxylic acids is 3. The number of rotatable bonds is 9. The van der Waals surface area contributed by atoms with Gasteiger partial charge in [0.25, 0.3) is 5.91 Å². The number of likely N-dealkylation sites (N-methyl/N-ethyl adjacent to an activating group) is 1. The van der Waals surface area contributed by atoms with E-state index in [2.05, 4.69) is 0 Å². The Morgan fingerprint density at radius 3 is 2.31 bits per heavy atom. The highest BCUT2D eigenvalue weighted by atomic mass is 32.2. The molecule has 0 saturated carbocycles. The highest BCUT2D eigenvalue weighted by Crippen LogP contribution is 2.33. The zero-order chi connectivity index (χ0) is 21.4. The van der Waals surface area contributed by atoms with Crippen molar-refractivity contribution in [3.05, 3.63) is 53.1 Å². The van der Waals surface area contributed by atoms with Crippen LogP contribution in [0, 0.1) is 0 Å². The standard InChI is InChI=1S/C21H23NO6S/c1-22(11-14-5-8-16(29-4)9-6-14)18(24)13-28-21(25)19-15(12-23)7-10-17(26-2)20(19)27-3/h5-10,12H,11,13H2,1-4H3. The van der Waals surface area contributed by atoms with Gasteiger partial charge in [0, 0.05) is 24.1 Å². The van der Waals surface area contributed by atoms with Crippen molar-refractivity contribution >= 4 is 29.9 Å². The molecule has 0 spiro atoms. The summed E-state index contributed by atoms with van der Waals surface area (Å²) >= 11 is 1.64. The molecule has 0 aromatic heterocycles. The number of methoxy groups -OCH3 is 2. The van der Waals surface area contributed by atoms with Crippen LogP contribution >= 0.6 is 11.8 Å². The van der Waals surface area contributed by atoms with Gasteiger partial charge in [0.2, 0.25) is 0 Å². The minimum Gasteiger partial charge on any atom is -0.493 e. The van der Waals surface area contributed by atoms with E-state index in [4.69, 9.17) is 14.2 Å². The zero-order valence-corrected chi connectivity index (χ0v) is 17.6. The van der Waals surface area contributed by atoms with E-state index >= 15 is 0 Å². The smallest absolute Gasteiger partial charge is 0.343 e. The molecule has 0 aliphatic rings. The lowest BCUT2D eigenvalue weighted by molar-refractivity contribution is -0.133. The minimum atomic E-state index is -0.839. The normalized spacial score (nSPS) is 10.2. The first-order valence-corrected chi connectivity index (χ1v) is 9.91. The van der Waals surface area contributed by atoms with E-state index in [1.165, 1.54) is 31.3 Å². The van der Waals surface area contributed by atoms with Gasteiger partial charge in [0.05, 0.1) is 14.2 Å². The summed E-state index contributed by atoms with van der Waals surface area (Å²) in [6, 6.07) is 10.8. The van der Waals surface area contributed by atoms with Crippen LogP contribution in [0.1, 0.15) is 26.3 Å². The molecule has 0 fully saturated rings. The maximum absolute atomic E-state index is 12.5. The molecule has 0 saturated heterocycles. The minimum absolute atomic E-state index is 0.0787. The van der Waals surface area contributed by atoms with E-state index < -0.39 is 12.6 Å². The molecule has 154 valence electrons. The largest absolute Gasteiger partial charge is 0.493 e. The SMILES string of the molecule is COc1ccc(C=O)c(C(=O)OCC(=O)N(C)Cc2ccc(SC)cc2)c1OC. The monoisotopic (exact) mass is 417 g/mol. The molecule has 0 aliphatic carbocycles. The van der Waals surface area contributed by atoms with Crippen LogP contribution in [0.15, 0.2) is 41.3 Å². The van der Waals surface area contributed by atoms with Crippen LogP contribution in [0.4, 0.5) is 0 Å². The van der Waals surface area contributed by atoms with Gasteiger partial charge >= 0.3 is 5.97 Å². The van der Waals surface area contributed by atoms with Crippen molar-refractivity contribution in [3.63, 3.8) is 0 Å². The van der Waals surface area contributed by atoms with Crippen LogP contribution < -0.4 is 9.47 Å². The van der Waals surface area contributed by atoms with Gasteiger partial charge in [0.15, 0.2) is 24.4 Å². The van der Waals surface area contributed by atoms with Crippen LogP contribution in [0.3, 0.4) is 0 Å². The Labute approximate surface area is 173 Å². The fourth-order valence-electron chi connectivity index (χ4n) is 2.65. The van der Waals surface area contributed by atoms with Gasteiger partial charge in [-0.1, -0.05) is 12.1 Å². The van der Waals surface area contributed by atoms with Crippen LogP contribution in [0.2, 0.25) is 0 Å². The van der Waals surface area contributed by atoms with Gasteiger partial charge in [-0.15, -0.1) is 11.8 Å². The number of carbonyl (C=O) groups is 3. The quantitative estimate of drug-likeness (QED) is 0.352. The number of amides is 1. The molecule has 0 N–H and O–H groups in total. The number of nitrogens with zero attached hydrogens (tertiary/aromatic N) is 1. The predicted octanol–water partition coefficient (Wildman–Crippen LogP) is 3.05. The van der Waals surface area contributed by atoms with E-state index in [0.717, 1.165) is 10.5 Å². The highest BCUT2D eigenvalue weighted by Gasteiger charge is 2.24. The predicted molar refractivity (Wildman–Crippen MR) is 110 cm³/mol. The number of thioether (sulfide) groups is 1. The zero-order valence-electron chi connectivity index (χ0n) is 16.8. The maximum Gasteiger partial charge on any atom is 0.343 e. The topological polar surface area (TPSA) is 82.1 Å². The van der Waals surface area contributed by atoms with Crippen LogP contribution in [-0.2, 0) is 16.1 Å². The lowest BCUT2D eigenvalue weighted by Crippen LogP contribution is -2.31. The Morgan fingerprint density at radius 2 is 1.76 bits per heavy atom. The van der Waals surface area contributed by atoms with Gasteiger partial charge in [-0.2, -0.15) is 0 Å². The first kappa shape index (κ1) is 22.3. The van der Waals surface area contributed by atoms with Crippen molar-refractivity contribution in [2.24, 2.45) is 0 Å². The van der Waals surface area contributed by atoms with E-state index in [9.17, 15) is 14.4 Å². The first-order chi connectivity index (χ1) is 13.9. The molecule has 2 rings (SSSR count). The summed E-state index contributed by atoms with van der Waals surface area (Å²) in [5, 5.41) is 0. The number of aldehydes is 1. The molecular formula is C21H23NO6S. The lowest BCUT2D eigenvalue weighted by atomic mass is 10.1. The Bertz CT molecular complexity index is 881. The molecule has 2 aromatic rings. The van der Waals surface area contributed by atoms with Crippen LogP contribution in [0.25, 0.3) is 0 Å². The molecule has 0 unspecified atom stereocenters. The average Bonchev–Trinajstić information content (AvgIpc) is 2.76. The molecule has 0 bridgehead atoms. The summed E-state index contributed by atoms with van der Waals surface area (Å²) in [5.74, 6) is -0.852. The summed E-state index contributed by atoms with van der Waals surface area (Å²) in [5.41, 5.74) is 0.968. The highest BCUT2D eigenvalue weighted by molar-refractivity contribution is 7.98. The summed E-state index contributed by atoms with van der Waals surface area (Å²) < 4.78 is 15.5. The van der Waals surface area contributed by atoms with Gasteiger partial charge in [-0.3, -0.25) is 9.59 Å². The summed E-state index contributed by atoms with van der Waals surface area (Å²) in [4.78, 5) is 38.8. The van der Waals surface area contributed by atoms with Crippen molar-refractivity contribution < 1.29 is 28.6 Å². The Morgan fingerprint density at radius 1 is 1.07 bits per heavy atom. The van der Waals surface area contributed by atoms with Gasteiger partial charge in [-0.05, 0) is 36.1 Å². The Balaban J connectivity index is 2.06. The fourth-order valence-corrected chi connectivity index (χ4v) is 3.06. The molecule has 7 nitrogen and oxygen atoms in total. The molecule has 0 atom stereocenters. The molecule has 0 radical (unpaired) electrons. The van der Waals surface area contributed by atoms with E-state index in [1.54, 1.807) is 18.8 Å². The summed E-state index contributed by atoms with van der Waals surface area (Å²) in [6.07, 6.45) is 2.51. The Hall–Kier alpha value is -3.00. The van der Waals surface area contributed by atoms with E-state index in [1.807, 2.05) is 30.5 Å². The number of hydrogen-bond donors (Lipinski definition) is 0. The van der Waals surface area contributed by atoms with Crippen LogP contribution in [0.5, 0.6) is 11.5 Å². The molecule has 0 aliphatic heterocycles. The second kappa shape index (κ2) is 10.5. The van der Waals surface area contributed by atoms with Gasteiger partial charge in [0.1, 0.15) is 5.56 Å². The van der Waals surface area contributed by atoms with Crippen molar-refractivity contribution in [1.29, 1.82) is 0 Å². The summed E-state index contributed by atoms with van der Waals surface area (Å²) in [7, 11) is 4.39. The van der Waals surface area contributed by atoms with E-state index in [-0.39, 0.29) is 28.5 Å². The second-order valence-corrected chi connectivity index (χ2v) is 6.94. The van der Waals surface area contributed by atoms with Crippen molar-refractivity contribution in [2.45, 2.75) is 11.4 Å². The van der Waals surface area contributed by atoms with Gasteiger partial charge < -0.3 is 19.1 Å². The second-order valence-electron chi connectivity index (χ2n) is 6.06. The molecular weight excluding hydrogens is 394 g/mol. The first-order valence-electron chi connectivity index (χ1n) is 8.69. The van der Waals surface area contributed by atoms with Crippen molar-refractivity contribution in [1.82, 2.24) is 4.90 Å². The molecule has 2 aromatic carbocycles. The molecule has 0 heterocycles. The lowest BCUT2D eigenvalue weighted by Gasteiger charge is -2.18. The average molecular weight is 417 g/mol. The molecule has 1 amide bonds. The van der Waals surface area contributed by atoms with Crippen molar-refractivity contribution in [3.8, 4) is 11.5 Å². The molecule has 29 heavy (non-hydrogen) atoms.